The third kappa shape index (κ3) is 4.15. The number of aliphatic hydroxyl groups excluding tert-OH is 2. The molecule has 1 aromatic rings. The maximum Gasteiger partial charge on any atom is 0.191 e. The lowest BCUT2D eigenvalue weighted by atomic mass is 9.90. The van der Waals surface area contributed by atoms with Crippen molar-refractivity contribution in [3.8, 4) is 5.75 Å². The molecule has 0 unspecified atom stereocenters. The summed E-state index contributed by atoms with van der Waals surface area (Å²) in [6.45, 7) is 3.34. The van der Waals surface area contributed by atoms with Crippen LogP contribution in [0.2, 0.25) is 0 Å². The summed E-state index contributed by atoms with van der Waals surface area (Å²) in [7, 11) is 1.54. The summed E-state index contributed by atoms with van der Waals surface area (Å²) in [6, 6.07) is 6.54. The summed E-state index contributed by atoms with van der Waals surface area (Å²) in [5.74, 6) is 0.629. The van der Waals surface area contributed by atoms with Crippen molar-refractivity contribution in [3.05, 3.63) is 29.8 Å². The first kappa shape index (κ1) is 17.9. The number of rotatable bonds is 9. The van der Waals surface area contributed by atoms with Crippen molar-refractivity contribution in [1.82, 2.24) is 0 Å². The maximum atomic E-state index is 10.6. The number of aliphatic hydroxyl groups is 3. The predicted molar refractivity (Wildman–Crippen MR) is 77.0 cm³/mol. The second kappa shape index (κ2) is 8.31. The van der Waals surface area contributed by atoms with Gasteiger partial charge in [0.1, 0.15) is 11.9 Å². The van der Waals surface area contributed by atoms with Crippen LogP contribution in [-0.2, 0) is 9.47 Å². The van der Waals surface area contributed by atoms with Crippen LogP contribution in [0.25, 0.3) is 0 Å². The van der Waals surface area contributed by atoms with Gasteiger partial charge in [0.05, 0.1) is 13.7 Å². The molecule has 6 nitrogen and oxygen atoms in total. The van der Waals surface area contributed by atoms with E-state index in [1.165, 1.54) is 7.11 Å². The van der Waals surface area contributed by atoms with Crippen molar-refractivity contribution >= 4 is 0 Å². The summed E-state index contributed by atoms with van der Waals surface area (Å²) in [4.78, 5) is 0. The molecular formula is C15H24O6. The molecule has 0 aliphatic heterocycles. The Morgan fingerprint density at radius 3 is 2.00 bits per heavy atom. The zero-order valence-electron chi connectivity index (χ0n) is 12.7. The normalized spacial score (nSPS) is 15.8. The van der Waals surface area contributed by atoms with Gasteiger partial charge in [-0.05, 0) is 31.5 Å². The zero-order chi connectivity index (χ0) is 15.9. The Labute approximate surface area is 124 Å². The fourth-order valence-corrected chi connectivity index (χ4v) is 2.00. The standard InChI is InChI=1S/C15H24O6/c1-4-20-14(21-5-2)15(18,10-16)13(17)11-6-8-12(19-3)9-7-11/h6-9,13-14,16-18H,4-5,10H2,1-3H3/t13-,15+/m0/s1. The maximum absolute atomic E-state index is 10.6. The summed E-state index contributed by atoms with van der Waals surface area (Å²) >= 11 is 0. The fourth-order valence-electron chi connectivity index (χ4n) is 2.00. The van der Waals surface area contributed by atoms with E-state index in [0.717, 1.165) is 0 Å². The van der Waals surface area contributed by atoms with Crippen LogP contribution in [0.1, 0.15) is 25.5 Å². The third-order valence-corrected chi connectivity index (χ3v) is 3.20. The second-order valence-corrected chi connectivity index (χ2v) is 4.57. The largest absolute Gasteiger partial charge is 0.497 e. The Bertz CT molecular complexity index is 401. The molecular weight excluding hydrogens is 276 g/mol. The van der Waals surface area contributed by atoms with Crippen molar-refractivity contribution in [3.63, 3.8) is 0 Å². The highest BCUT2D eigenvalue weighted by atomic mass is 16.7. The SMILES string of the molecule is CCOC(OCC)[C@@](O)(CO)[C@@H](O)c1ccc(OC)cc1. The molecule has 0 amide bonds. The van der Waals surface area contributed by atoms with Gasteiger partial charge in [0.25, 0.3) is 0 Å². The molecule has 1 rings (SSSR count). The molecule has 120 valence electrons. The summed E-state index contributed by atoms with van der Waals surface area (Å²) in [5.41, 5.74) is -1.53. The Balaban J connectivity index is 3.02. The third-order valence-electron chi connectivity index (χ3n) is 3.20. The zero-order valence-corrected chi connectivity index (χ0v) is 12.7. The van der Waals surface area contributed by atoms with Gasteiger partial charge in [-0.2, -0.15) is 0 Å². The van der Waals surface area contributed by atoms with Crippen molar-refractivity contribution in [1.29, 1.82) is 0 Å². The molecule has 0 aliphatic rings. The van der Waals surface area contributed by atoms with Crippen LogP contribution < -0.4 is 4.74 Å². The highest BCUT2D eigenvalue weighted by Crippen LogP contribution is 2.32. The molecule has 0 saturated carbocycles. The highest BCUT2D eigenvalue weighted by molar-refractivity contribution is 5.30. The van der Waals surface area contributed by atoms with E-state index in [1.54, 1.807) is 38.1 Å². The molecule has 0 fully saturated rings. The van der Waals surface area contributed by atoms with E-state index in [-0.39, 0.29) is 13.2 Å². The van der Waals surface area contributed by atoms with E-state index in [2.05, 4.69) is 0 Å². The van der Waals surface area contributed by atoms with Crippen molar-refractivity contribution < 1.29 is 29.5 Å². The molecule has 21 heavy (non-hydrogen) atoms. The van der Waals surface area contributed by atoms with Gasteiger partial charge in [0.15, 0.2) is 11.9 Å². The molecule has 3 N–H and O–H groups in total. The smallest absolute Gasteiger partial charge is 0.191 e. The Kier molecular flexibility index (Phi) is 7.07. The number of ether oxygens (including phenoxy) is 3. The van der Waals surface area contributed by atoms with Crippen molar-refractivity contribution in [2.24, 2.45) is 0 Å². The van der Waals surface area contributed by atoms with Crippen LogP contribution in [0, 0.1) is 0 Å². The minimum Gasteiger partial charge on any atom is -0.497 e. The van der Waals surface area contributed by atoms with Crippen LogP contribution in [-0.4, -0.2) is 54.1 Å². The first-order valence-corrected chi connectivity index (χ1v) is 6.91. The van der Waals surface area contributed by atoms with Crippen LogP contribution >= 0.6 is 0 Å². The minimum atomic E-state index is -1.96. The van der Waals surface area contributed by atoms with E-state index >= 15 is 0 Å². The molecule has 2 atom stereocenters. The summed E-state index contributed by atoms with van der Waals surface area (Å²) in [6.07, 6.45) is -2.49. The minimum absolute atomic E-state index is 0.280. The van der Waals surface area contributed by atoms with Crippen LogP contribution in [0.4, 0.5) is 0 Å². The first-order chi connectivity index (χ1) is 10.0. The van der Waals surface area contributed by atoms with Gasteiger partial charge in [0.2, 0.25) is 0 Å². The molecule has 0 spiro atoms. The van der Waals surface area contributed by atoms with Gasteiger partial charge in [-0.3, -0.25) is 0 Å². The molecule has 0 aromatic heterocycles. The fraction of sp³-hybridized carbons (Fsp3) is 0.600. The van der Waals surface area contributed by atoms with Gasteiger partial charge in [-0.1, -0.05) is 12.1 Å². The quantitative estimate of drug-likeness (QED) is 0.586. The molecule has 1 aromatic carbocycles. The average molecular weight is 300 g/mol. The summed E-state index contributed by atoms with van der Waals surface area (Å²) in [5, 5.41) is 30.6. The molecule has 0 aliphatic carbocycles. The number of methoxy groups -OCH3 is 1. The van der Waals surface area contributed by atoms with E-state index in [9.17, 15) is 15.3 Å². The highest BCUT2D eigenvalue weighted by Gasteiger charge is 2.45. The van der Waals surface area contributed by atoms with Gasteiger partial charge < -0.3 is 29.5 Å². The lowest BCUT2D eigenvalue weighted by Crippen LogP contribution is -2.53. The van der Waals surface area contributed by atoms with Gasteiger partial charge in [-0.15, -0.1) is 0 Å². The number of hydrogen-bond donors (Lipinski definition) is 3. The van der Waals surface area contributed by atoms with E-state index < -0.39 is 24.6 Å². The number of benzene rings is 1. The predicted octanol–water partition coefficient (Wildman–Crippen LogP) is 0.851. The average Bonchev–Trinajstić information content (AvgIpc) is 2.53. The molecule has 0 radical (unpaired) electrons. The van der Waals surface area contributed by atoms with Crippen LogP contribution in [0.5, 0.6) is 5.75 Å². The topological polar surface area (TPSA) is 88.4 Å². The number of hydrogen-bond acceptors (Lipinski definition) is 6. The van der Waals surface area contributed by atoms with Gasteiger partial charge >= 0.3 is 0 Å². The summed E-state index contributed by atoms with van der Waals surface area (Å²) < 4.78 is 15.7. The van der Waals surface area contributed by atoms with Gasteiger partial charge in [0, 0.05) is 13.2 Å². The van der Waals surface area contributed by atoms with E-state index in [4.69, 9.17) is 14.2 Å². The Hall–Kier alpha value is -1.18. The first-order valence-electron chi connectivity index (χ1n) is 6.91. The Morgan fingerprint density at radius 1 is 1.10 bits per heavy atom. The van der Waals surface area contributed by atoms with E-state index in [0.29, 0.717) is 11.3 Å². The lowest BCUT2D eigenvalue weighted by molar-refractivity contribution is -0.275. The van der Waals surface area contributed by atoms with Crippen molar-refractivity contribution in [2.75, 3.05) is 26.9 Å². The van der Waals surface area contributed by atoms with Crippen molar-refractivity contribution in [2.45, 2.75) is 31.8 Å². The van der Waals surface area contributed by atoms with Crippen LogP contribution in [0.15, 0.2) is 24.3 Å². The Morgan fingerprint density at radius 2 is 1.62 bits per heavy atom. The second-order valence-electron chi connectivity index (χ2n) is 4.57. The lowest BCUT2D eigenvalue weighted by Gasteiger charge is -2.37. The van der Waals surface area contributed by atoms with Gasteiger partial charge in [-0.25, -0.2) is 0 Å². The van der Waals surface area contributed by atoms with Crippen LogP contribution in [0.3, 0.4) is 0 Å². The monoisotopic (exact) mass is 300 g/mol. The molecule has 6 heteroatoms. The molecule has 0 saturated heterocycles. The molecule has 0 bridgehead atoms. The van der Waals surface area contributed by atoms with E-state index in [1.807, 2.05) is 0 Å². The molecule has 0 heterocycles.